The van der Waals surface area contributed by atoms with Crippen LogP contribution < -0.4 is 4.90 Å². The number of fused-ring (bicyclic) bond motifs is 1. The topological polar surface area (TPSA) is 62.2 Å². The monoisotopic (exact) mass is 351 g/mol. The van der Waals surface area contributed by atoms with Crippen molar-refractivity contribution in [2.24, 2.45) is 5.92 Å². The zero-order valence-corrected chi connectivity index (χ0v) is 15.2. The van der Waals surface area contributed by atoms with Crippen LogP contribution in [0.3, 0.4) is 0 Å². The second-order valence-corrected chi connectivity index (χ2v) is 7.22. The quantitative estimate of drug-likeness (QED) is 0.845. The number of pyridine rings is 1. The SMILES string of the molecule is Cc1nccc(N2CC[C@@H]3[C@@H](CCC(=O)N3CCc3ccccn3)C2)n1. The van der Waals surface area contributed by atoms with E-state index >= 15 is 0 Å². The van der Waals surface area contributed by atoms with Gasteiger partial charge in [0, 0.05) is 56.6 Å². The molecule has 2 aliphatic rings. The fraction of sp³-hybridized carbons (Fsp3) is 0.500. The van der Waals surface area contributed by atoms with Crippen molar-refractivity contribution < 1.29 is 4.79 Å². The van der Waals surface area contributed by atoms with Gasteiger partial charge in [-0.05, 0) is 43.9 Å². The summed E-state index contributed by atoms with van der Waals surface area (Å²) in [6.45, 7) is 4.60. The molecule has 4 rings (SSSR count). The number of hydrogen-bond donors (Lipinski definition) is 0. The number of carbonyl (C=O) groups is 1. The van der Waals surface area contributed by atoms with Crippen LogP contribution in [0.25, 0.3) is 0 Å². The first-order chi connectivity index (χ1) is 12.7. The van der Waals surface area contributed by atoms with Crippen LogP contribution in [0.4, 0.5) is 5.82 Å². The molecule has 2 aromatic heterocycles. The van der Waals surface area contributed by atoms with Crippen molar-refractivity contribution in [2.45, 2.75) is 38.6 Å². The summed E-state index contributed by atoms with van der Waals surface area (Å²) in [5.74, 6) is 2.63. The number of amides is 1. The van der Waals surface area contributed by atoms with Crippen LogP contribution in [0.2, 0.25) is 0 Å². The number of nitrogens with zero attached hydrogens (tertiary/aromatic N) is 5. The number of aryl methyl sites for hydroxylation is 1. The van der Waals surface area contributed by atoms with E-state index in [1.807, 2.05) is 43.6 Å². The van der Waals surface area contributed by atoms with Crippen molar-refractivity contribution in [3.05, 3.63) is 48.2 Å². The Labute approximate surface area is 154 Å². The molecule has 26 heavy (non-hydrogen) atoms. The molecule has 1 amide bonds. The Kier molecular flexibility index (Phi) is 4.82. The second kappa shape index (κ2) is 7.40. The molecule has 0 unspecified atom stereocenters. The van der Waals surface area contributed by atoms with Crippen LogP contribution in [-0.4, -0.2) is 51.4 Å². The Morgan fingerprint density at radius 2 is 2.08 bits per heavy atom. The molecule has 136 valence electrons. The number of anilines is 1. The molecule has 2 atom stereocenters. The highest BCUT2D eigenvalue weighted by molar-refractivity contribution is 5.77. The number of rotatable bonds is 4. The van der Waals surface area contributed by atoms with Crippen LogP contribution >= 0.6 is 0 Å². The predicted molar refractivity (Wildman–Crippen MR) is 99.8 cm³/mol. The van der Waals surface area contributed by atoms with Gasteiger partial charge in [0.25, 0.3) is 0 Å². The Morgan fingerprint density at radius 3 is 2.88 bits per heavy atom. The summed E-state index contributed by atoms with van der Waals surface area (Å²) in [4.78, 5) is 30.2. The van der Waals surface area contributed by atoms with Crippen molar-refractivity contribution >= 4 is 11.7 Å². The molecule has 2 saturated heterocycles. The van der Waals surface area contributed by atoms with E-state index in [4.69, 9.17) is 0 Å². The molecule has 0 spiro atoms. The van der Waals surface area contributed by atoms with E-state index in [1.165, 1.54) is 0 Å². The van der Waals surface area contributed by atoms with Crippen molar-refractivity contribution in [3.63, 3.8) is 0 Å². The van der Waals surface area contributed by atoms with E-state index in [-0.39, 0.29) is 0 Å². The maximum Gasteiger partial charge on any atom is 0.222 e. The Bertz CT molecular complexity index is 766. The highest BCUT2D eigenvalue weighted by Crippen LogP contribution is 2.32. The summed E-state index contributed by atoms with van der Waals surface area (Å²) < 4.78 is 0. The van der Waals surface area contributed by atoms with Crippen molar-refractivity contribution in [2.75, 3.05) is 24.5 Å². The minimum absolute atomic E-state index is 0.300. The molecule has 6 nitrogen and oxygen atoms in total. The molecule has 2 aromatic rings. The first-order valence-electron chi connectivity index (χ1n) is 9.44. The molecule has 0 N–H and O–H groups in total. The molecule has 2 aliphatic heterocycles. The summed E-state index contributed by atoms with van der Waals surface area (Å²) in [5, 5.41) is 0. The standard InChI is InChI=1S/C20H25N5O/c1-15-21-11-7-19(23-15)24-12-9-18-16(14-24)5-6-20(26)25(18)13-8-17-4-2-3-10-22-17/h2-4,7,10-11,16,18H,5-6,8-9,12-14H2,1H3/t16-,18+/m0/s1. The number of likely N-dealkylation sites (tertiary alicyclic amines) is 1. The predicted octanol–water partition coefficient (Wildman–Crippen LogP) is 2.24. The lowest BCUT2D eigenvalue weighted by molar-refractivity contribution is -0.139. The second-order valence-electron chi connectivity index (χ2n) is 7.22. The highest BCUT2D eigenvalue weighted by atomic mass is 16.2. The molecular weight excluding hydrogens is 326 g/mol. The zero-order valence-electron chi connectivity index (χ0n) is 15.2. The van der Waals surface area contributed by atoms with Gasteiger partial charge in [0.15, 0.2) is 0 Å². The van der Waals surface area contributed by atoms with Gasteiger partial charge in [0.2, 0.25) is 5.91 Å². The van der Waals surface area contributed by atoms with Crippen LogP contribution in [0.5, 0.6) is 0 Å². The molecule has 4 heterocycles. The maximum atomic E-state index is 12.5. The lowest BCUT2D eigenvalue weighted by Crippen LogP contribution is -2.56. The van der Waals surface area contributed by atoms with Gasteiger partial charge >= 0.3 is 0 Å². The largest absolute Gasteiger partial charge is 0.356 e. The summed E-state index contributed by atoms with van der Waals surface area (Å²) in [6.07, 6.45) is 7.10. The highest BCUT2D eigenvalue weighted by Gasteiger charge is 2.39. The first kappa shape index (κ1) is 16.9. The smallest absolute Gasteiger partial charge is 0.222 e. The fourth-order valence-corrected chi connectivity index (χ4v) is 4.25. The molecular formula is C20H25N5O. The summed E-state index contributed by atoms with van der Waals surface area (Å²) in [6, 6.07) is 8.30. The van der Waals surface area contributed by atoms with Gasteiger partial charge < -0.3 is 9.80 Å². The molecule has 0 bridgehead atoms. The minimum Gasteiger partial charge on any atom is -0.356 e. The van der Waals surface area contributed by atoms with Gasteiger partial charge in [-0.2, -0.15) is 0 Å². The van der Waals surface area contributed by atoms with E-state index in [9.17, 15) is 4.79 Å². The lowest BCUT2D eigenvalue weighted by Gasteiger charge is -2.47. The van der Waals surface area contributed by atoms with E-state index in [0.29, 0.717) is 24.3 Å². The van der Waals surface area contributed by atoms with Crippen LogP contribution in [0, 0.1) is 12.8 Å². The summed E-state index contributed by atoms with van der Waals surface area (Å²) in [5.41, 5.74) is 1.05. The molecule has 0 aliphatic carbocycles. The zero-order chi connectivity index (χ0) is 17.9. The minimum atomic E-state index is 0.300. The number of carbonyl (C=O) groups excluding carboxylic acids is 1. The average Bonchev–Trinajstić information content (AvgIpc) is 2.68. The number of aromatic nitrogens is 3. The van der Waals surface area contributed by atoms with E-state index < -0.39 is 0 Å². The third-order valence-electron chi connectivity index (χ3n) is 5.56. The third-order valence-corrected chi connectivity index (χ3v) is 5.56. The van der Waals surface area contributed by atoms with Gasteiger partial charge in [0.05, 0.1) is 0 Å². The lowest BCUT2D eigenvalue weighted by atomic mass is 9.83. The van der Waals surface area contributed by atoms with E-state index in [2.05, 4.69) is 24.8 Å². The fourth-order valence-electron chi connectivity index (χ4n) is 4.25. The third kappa shape index (κ3) is 3.54. The van der Waals surface area contributed by atoms with Crippen molar-refractivity contribution in [1.82, 2.24) is 19.9 Å². The van der Waals surface area contributed by atoms with Gasteiger partial charge in [-0.25, -0.2) is 9.97 Å². The van der Waals surface area contributed by atoms with Gasteiger partial charge in [-0.3, -0.25) is 9.78 Å². The van der Waals surface area contributed by atoms with Crippen LogP contribution in [0.15, 0.2) is 36.7 Å². The number of piperidine rings is 2. The molecule has 6 heteroatoms. The summed E-state index contributed by atoms with van der Waals surface area (Å²) >= 11 is 0. The van der Waals surface area contributed by atoms with E-state index in [0.717, 1.165) is 56.2 Å². The maximum absolute atomic E-state index is 12.5. The molecule has 2 fully saturated rings. The van der Waals surface area contributed by atoms with E-state index in [1.54, 1.807) is 0 Å². The van der Waals surface area contributed by atoms with Gasteiger partial charge in [0.1, 0.15) is 11.6 Å². The molecule has 0 saturated carbocycles. The van der Waals surface area contributed by atoms with Gasteiger partial charge in [-0.15, -0.1) is 0 Å². The Balaban J connectivity index is 1.43. The van der Waals surface area contributed by atoms with Crippen LogP contribution in [0.1, 0.15) is 30.8 Å². The van der Waals surface area contributed by atoms with Crippen molar-refractivity contribution in [1.29, 1.82) is 0 Å². The molecule has 0 radical (unpaired) electrons. The average molecular weight is 351 g/mol. The molecule has 0 aromatic carbocycles. The van der Waals surface area contributed by atoms with Crippen molar-refractivity contribution in [3.8, 4) is 0 Å². The number of hydrogen-bond acceptors (Lipinski definition) is 5. The Morgan fingerprint density at radius 1 is 1.15 bits per heavy atom. The van der Waals surface area contributed by atoms with Crippen LogP contribution in [-0.2, 0) is 11.2 Å². The first-order valence-corrected chi connectivity index (χ1v) is 9.44. The van der Waals surface area contributed by atoms with Gasteiger partial charge in [-0.1, -0.05) is 6.07 Å². The summed E-state index contributed by atoms with van der Waals surface area (Å²) in [7, 11) is 0. The normalized spacial score (nSPS) is 23.0. The Hall–Kier alpha value is -2.50.